The number of nitrogens with zero attached hydrogens (tertiary/aromatic N) is 2. The van der Waals surface area contributed by atoms with E-state index in [1.807, 2.05) is 72.8 Å². The summed E-state index contributed by atoms with van der Waals surface area (Å²) in [5, 5.41) is 10.1. The van der Waals surface area contributed by atoms with Crippen molar-refractivity contribution in [2.45, 2.75) is 18.3 Å². The van der Waals surface area contributed by atoms with E-state index in [4.69, 9.17) is 9.47 Å². The Hall–Kier alpha value is -3.78. The summed E-state index contributed by atoms with van der Waals surface area (Å²) in [7, 11) is 0. The molecule has 1 aliphatic heterocycles. The van der Waals surface area contributed by atoms with Gasteiger partial charge in [0.15, 0.2) is 0 Å². The molecular formula is C25H22N2O3. The van der Waals surface area contributed by atoms with Gasteiger partial charge >= 0.3 is 6.09 Å². The van der Waals surface area contributed by atoms with Crippen molar-refractivity contribution in [3.63, 3.8) is 0 Å². The molecule has 3 aromatic rings. The van der Waals surface area contributed by atoms with Crippen LogP contribution in [0.15, 0.2) is 84.9 Å². The summed E-state index contributed by atoms with van der Waals surface area (Å²) >= 11 is 0. The molecule has 0 radical (unpaired) electrons. The van der Waals surface area contributed by atoms with Crippen LogP contribution in [0.5, 0.6) is 17.2 Å². The molecule has 0 unspecified atom stereocenters. The van der Waals surface area contributed by atoms with Crippen LogP contribution in [0.3, 0.4) is 0 Å². The van der Waals surface area contributed by atoms with Crippen LogP contribution in [-0.4, -0.2) is 24.1 Å². The lowest BCUT2D eigenvalue weighted by Crippen LogP contribution is -2.45. The molecule has 1 saturated heterocycles. The van der Waals surface area contributed by atoms with E-state index in [2.05, 4.69) is 6.07 Å². The molecule has 0 saturated carbocycles. The van der Waals surface area contributed by atoms with Crippen LogP contribution in [0.1, 0.15) is 18.4 Å². The van der Waals surface area contributed by atoms with Gasteiger partial charge in [0.25, 0.3) is 0 Å². The number of likely N-dealkylation sites (tertiary alicyclic amines) is 1. The molecule has 0 bridgehead atoms. The SMILES string of the molecule is N#CC1(c2ccccc2Oc2ccccc2)CCN(C(=O)Oc2ccccc2)CC1. The van der Waals surface area contributed by atoms with Crippen molar-refractivity contribution in [3.05, 3.63) is 90.5 Å². The summed E-state index contributed by atoms with van der Waals surface area (Å²) in [5.41, 5.74) is 0.141. The molecule has 5 nitrogen and oxygen atoms in total. The van der Waals surface area contributed by atoms with Crippen LogP contribution in [-0.2, 0) is 5.41 Å². The second-order valence-electron chi connectivity index (χ2n) is 7.27. The van der Waals surface area contributed by atoms with E-state index < -0.39 is 5.41 Å². The zero-order chi connectivity index (χ0) is 20.8. The first-order chi connectivity index (χ1) is 14.7. The van der Waals surface area contributed by atoms with Crippen molar-refractivity contribution in [3.8, 4) is 23.3 Å². The second kappa shape index (κ2) is 8.71. The quantitative estimate of drug-likeness (QED) is 0.579. The van der Waals surface area contributed by atoms with Gasteiger partial charge < -0.3 is 14.4 Å². The molecule has 0 spiro atoms. The topological polar surface area (TPSA) is 62.6 Å². The Morgan fingerprint density at radius 2 is 1.40 bits per heavy atom. The highest BCUT2D eigenvalue weighted by Crippen LogP contribution is 2.41. The molecule has 30 heavy (non-hydrogen) atoms. The van der Waals surface area contributed by atoms with Crippen LogP contribution in [0.25, 0.3) is 0 Å². The molecule has 1 amide bonds. The predicted molar refractivity (Wildman–Crippen MR) is 114 cm³/mol. The number of hydrogen-bond acceptors (Lipinski definition) is 4. The summed E-state index contributed by atoms with van der Waals surface area (Å²) in [4.78, 5) is 14.2. The highest BCUT2D eigenvalue weighted by Gasteiger charge is 2.40. The van der Waals surface area contributed by atoms with Gasteiger partial charge in [-0.2, -0.15) is 5.26 Å². The average Bonchev–Trinajstić information content (AvgIpc) is 2.81. The van der Waals surface area contributed by atoms with E-state index in [-0.39, 0.29) is 6.09 Å². The number of piperidine rings is 1. The molecule has 0 N–H and O–H groups in total. The average molecular weight is 398 g/mol. The van der Waals surface area contributed by atoms with Crippen molar-refractivity contribution in [2.24, 2.45) is 0 Å². The van der Waals surface area contributed by atoms with Crippen molar-refractivity contribution in [2.75, 3.05) is 13.1 Å². The highest BCUT2D eigenvalue weighted by atomic mass is 16.6. The minimum atomic E-state index is -0.713. The lowest BCUT2D eigenvalue weighted by Gasteiger charge is -2.37. The number of rotatable bonds is 4. The van der Waals surface area contributed by atoms with Gasteiger partial charge in [0.05, 0.1) is 11.5 Å². The number of carbonyl (C=O) groups excluding carboxylic acids is 1. The molecule has 1 heterocycles. The van der Waals surface area contributed by atoms with Crippen LogP contribution in [0, 0.1) is 11.3 Å². The van der Waals surface area contributed by atoms with Crippen molar-refractivity contribution in [1.82, 2.24) is 4.90 Å². The molecule has 0 aromatic heterocycles. The molecule has 5 heteroatoms. The molecule has 0 atom stereocenters. The van der Waals surface area contributed by atoms with E-state index in [1.54, 1.807) is 17.0 Å². The number of para-hydroxylation sites is 3. The first-order valence-corrected chi connectivity index (χ1v) is 9.96. The lowest BCUT2D eigenvalue weighted by molar-refractivity contribution is 0.131. The Labute approximate surface area is 176 Å². The largest absolute Gasteiger partial charge is 0.457 e. The maximum absolute atomic E-state index is 12.5. The minimum absolute atomic E-state index is 0.387. The number of amides is 1. The molecule has 3 aromatic carbocycles. The van der Waals surface area contributed by atoms with Gasteiger partial charge in [-0.3, -0.25) is 0 Å². The Morgan fingerprint density at radius 3 is 2.03 bits per heavy atom. The predicted octanol–water partition coefficient (Wildman–Crippen LogP) is 5.54. The number of nitriles is 1. The molecule has 150 valence electrons. The molecule has 0 aliphatic carbocycles. The van der Waals surface area contributed by atoms with Crippen LogP contribution in [0.4, 0.5) is 4.79 Å². The first-order valence-electron chi connectivity index (χ1n) is 9.96. The molecule has 4 rings (SSSR count). The smallest absolute Gasteiger partial charge is 0.415 e. The van der Waals surface area contributed by atoms with Gasteiger partial charge in [-0.1, -0.05) is 54.6 Å². The second-order valence-corrected chi connectivity index (χ2v) is 7.27. The fraction of sp³-hybridized carbons (Fsp3) is 0.200. The normalized spacial score (nSPS) is 15.1. The van der Waals surface area contributed by atoms with Crippen molar-refractivity contribution < 1.29 is 14.3 Å². The van der Waals surface area contributed by atoms with Gasteiger partial charge in [-0.15, -0.1) is 0 Å². The molecule has 1 aliphatic rings. The van der Waals surface area contributed by atoms with Gasteiger partial charge in [0.1, 0.15) is 17.2 Å². The Morgan fingerprint density at radius 1 is 0.833 bits per heavy atom. The van der Waals surface area contributed by atoms with E-state index in [9.17, 15) is 10.1 Å². The van der Waals surface area contributed by atoms with Crippen molar-refractivity contribution in [1.29, 1.82) is 5.26 Å². The minimum Gasteiger partial charge on any atom is -0.457 e. The fourth-order valence-corrected chi connectivity index (χ4v) is 3.73. The first kappa shape index (κ1) is 19.5. The Balaban J connectivity index is 1.50. The standard InChI is InChI=1S/C25H22N2O3/c26-19-25(22-13-7-8-14-23(22)29-20-9-3-1-4-10-20)15-17-27(18-16-25)24(28)30-21-11-5-2-6-12-21/h1-14H,15-18H2. The molecule has 1 fully saturated rings. The van der Waals surface area contributed by atoms with Crippen molar-refractivity contribution >= 4 is 6.09 Å². The Kier molecular flexibility index (Phi) is 5.67. The van der Waals surface area contributed by atoms with Crippen LogP contribution >= 0.6 is 0 Å². The lowest BCUT2D eigenvalue weighted by atomic mass is 9.73. The van der Waals surface area contributed by atoms with E-state index in [1.165, 1.54) is 0 Å². The van der Waals surface area contributed by atoms with Gasteiger partial charge in [-0.05, 0) is 43.2 Å². The zero-order valence-electron chi connectivity index (χ0n) is 16.5. The number of benzene rings is 3. The summed E-state index contributed by atoms with van der Waals surface area (Å²) in [6.45, 7) is 0.887. The monoisotopic (exact) mass is 398 g/mol. The van der Waals surface area contributed by atoms with E-state index >= 15 is 0 Å². The van der Waals surface area contributed by atoms with Gasteiger partial charge in [0.2, 0.25) is 0 Å². The fourth-order valence-electron chi connectivity index (χ4n) is 3.73. The number of hydrogen-bond donors (Lipinski definition) is 0. The van der Waals surface area contributed by atoms with Gasteiger partial charge in [0, 0.05) is 18.7 Å². The van der Waals surface area contributed by atoms with Crippen LogP contribution < -0.4 is 9.47 Å². The zero-order valence-corrected chi connectivity index (χ0v) is 16.5. The summed E-state index contributed by atoms with van der Waals surface area (Å²) in [6, 6.07) is 28.7. The Bertz CT molecular complexity index is 1040. The maximum Gasteiger partial charge on any atom is 0.415 e. The number of ether oxygens (including phenoxy) is 2. The van der Waals surface area contributed by atoms with E-state index in [0.29, 0.717) is 37.4 Å². The summed E-state index contributed by atoms with van der Waals surface area (Å²) in [6.07, 6.45) is 0.645. The summed E-state index contributed by atoms with van der Waals surface area (Å²) < 4.78 is 11.5. The van der Waals surface area contributed by atoms with E-state index in [0.717, 1.165) is 11.3 Å². The third-order valence-electron chi connectivity index (χ3n) is 5.41. The van der Waals surface area contributed by atoms with Gasteiger partial charge in [-0.25, -0.2) is 4.79 Å². The molecular weight excluding hydrogens is 376 g/mol. The third kappa shape index (κ3) is 4.13. The maximum atomic E-state index is 12.5. The third-order valence-corrected chi connectivity index (χ3v) is 5.41. The highest BCUT2D eigenvalue weighted by molar-refractivity contribution is 5.71. The van der Waals surface area contributed by atoms with Crippen LogP contribution in [0.2, 0.25) is 0 Å². The summed E-state index contributed by atoms with van der Waals surface area (Å²) in [5.74, 6) is 1.91. The number of carbonyl (C=O) groups is 1.